The molecule has 0 aliphatic rings. The molecule has 0 bridgehead atoms. The molecule has 5 nitrogen and oxygen atoms in total. The Morgan fingerprint density at radius 3 is 3.07 bits per heavy atom. The molecule has 0 aliphatic heterocycles. The van der Waals surface area contributed by atoms with Gasteiger partial charge in [-0.15, -0.1) is 0 Å². The molecule has 1 aromatic heterocycles. The van der Waals surface area contributed by atoms with Crippen LogP contribution in [0.2, 0.25) is 0 Å². The fourth-order valence-electron chi connectivity index (χ4n) is 1.000. The predicted molar refractivity (Wildman–Crippen MR) is 53.7 cm³/mol. The van der Waals surface area contributed by atoms with Crippen molar-refractivity contribution in [3.8, 4) is 0 Å². The zero-order chi connectivity index (χ0) is 10.2. The first-order chi connectivity index (χ1) is 6.83. The number of aromatic nitrogens is 2. The van der Waals surface area contributed by atoms with Crippen LogP contribution in [-0.2, 0) is 6.54 Å². The lowest BCUT2D eigenvalue weighted by Gasteiger charge is -2.05. The summed E-state index contributed by atoms with van der Waals surface area (Å²) in [7, 11) is 0. The zero-order valence-electron chi connectivity index (χ0n) is 8.34. The van der Waals surface area contributed by atoms with Crippen LogP contribution in [0.5, 0.6) is 0 Å². The van der Waals surface area contributed by atoms with Crippen molar-refractivity contribution in [3.63, 3.8) is 0 Å². The molecule has 78 valence electrons. The molecular formula is C9H16N4O. The highest BCUT2D eigenvalue weighted by Crippen LogP contribution is 1.89. The molecule has 1 aromatic rings. The van der Waals surface area contributed by atoms with E-state index >= 15 is 0 Å². The van der Waals surface area contributed by atoms with Gasteiger partial charge < -0.3 is 10.6 Å². The van der Waals surface area contributed by atoms with Gasteiger partial charge in [0.2, 0.25) is 0 Å². The van der Waals surface area contributed by atoms with Crippen molar-refractivity contribution < 1.29 is 4.79 Å². The third-order valence-corrected chi connectivity index (χ3v) is 1.81. The largest absolute Gasteiger partial charge is 0.338 e. The van der Waals surface area contributed by atoms with Gasteiger partial charge in [-0.05, 0) is 12.5 Å². The molecule has 0 aromatic carbocycles. The fourth-order valence-corrected chi connectivity index (χ4v) is 1.000. The number of hydrogen-bond donors (Lipinski definition) is 3. The van der Waals surface area contributed by atoms with Crippen LogP contribution >= 0.6 is 0 Å². The summed E-state index contributed by atoms with van der Waals surface area (Å²) >= 11 is 0. The van der Waals surface area contributed by atoms with Gasteiger partial charge in [-0.1, -0.05) is 13.3 Å². The molecule has 0 spiro atoms. The first kappa shape index (κ1) is 10.6. The molecule has 3 N–H and O–H groups in total. The number of H-pyrrole nitrogens is 1. The van der Waals surface area contributed by atoms with Crippen molar-refractivity contribution >= 4 is 6.03 Å². The van der Waals surface area contributed by atoms with E-state index in [1.54, 1.807) is 6.20 Å². The molecule has 0 atom stereocenters. The van der Waals surface area contributed by atoms with Gasteiger partial charge in [0.25, 0.3) is 0 Å². The maximum absolute atomic E-state index is 11.2. The molecule has 2 amide bonds. The van der Waals surface area contributed by atoms with Gasteiger partial charge in [0.05, 0.1) is 12.2 Å². The number of carbonyl (C=O) groups is 1. The molecule has 0 unspecified atom stereocenters. The van der Waals surface area contributed by atoms with Crippen LogP contribution in [-0.4, -0.2) is 22.8 Å². The highest BCUT2D eigenvalue weighted by molar-refractivity contribution is 5.73. The molecule has 0 radical (unpaired) electrons. The first-order valence-corrected chi connectivity index (χ1v) is 4.83. The zero-order valence-corrected chi connectivity index (χ0v) is 8.34. The monoisotopic (exact) mass is 196 g/mol. The lowest BCUT2D eigenvalue weighted by atomic mass is 10.3. The van der Waals surface area contributed by atoms with E-state index in [4.69, 9.17) is 0 Å². The summed E-state index contributed by atoms with van der Waals surface area (Å²) in [4.78, 5) is 11.2. The Hall–Kier alpha value is -1.52. The van der Waals surface area contributed by atoms with Crippen molar-refractivity contribution in [1.82, 2.24) is 20.8 Å². The van der Waals surface area contributed by atoms with E-state index in [1.165, 1.54) is 0 Å². The molecule has 14 heavy (non-hydrogen) atoms. The fraction of sp³-hybridized carbons (Fsp3) is 0.556. The lowest BCUT2D eigenvalue weighted by Crippen LogP contribution is -2.35. The van der Waals surface area contributed by atoms with Gasteiger partial charge >= 0.3 is 6.03 Å². The van der Waals surface area contributed by atoms with Crippen molar-refractivity contribution in [1.29, 1.82) is 0 Å². The van der Waals surface area contributed by atoms with Crippen molar-refractivity contribution in [2.24, 2.45) is 0 Å². The van der Waals surface area contributed by atoms with E-state index < -0.39 is 0 Å². The number of nitrogens with one attached hydrogen (secondary N) is 3. The van der Waals surface area contributed by atoms with Gasteiger partial charge in [-0.3, -0.25) is 5.10 Å². The SMILES string of the molecule is CCCCNC(=O)NCc1ccn[nH]1. The summed E-state index contributed by atoms with van der Waals surface area (Å²) in [6.07, 6.45) is 3.75. The van der Waals surface area contributed by atoms with Crippen LogP contribution in [0.4, 0.5) is 4.79 Å². The Morgan fingerprint density at radius 2 is 2.43 bits per heavy atom. The van der Waals surface area contributed by atoms with Gasteiger partial charge in [0, 0.05) is 12.7 Å². The predicted octanol–water partition coefficient (Wildman–Crippen LogP) is 1.01. The molecule has 0 aliphatic carbocycles. The average molecular weight is 196 g/mol. The van der Waals surface area contributed by atoms with Crippen LogP contribution in [0.1, 0.15) is 25.5 Å². The first-order valence-electron chi connectivity index (χ1n) is 4.83. The normalized spacial score (nSPS) is 9.79. The topological polar surface area (TPSA) is 69.8 Å². The summed E-state index contributed by atoms with van der Waals surface area (Å²) in [6, 6.07) is 1.69. The highest BCUT2D eigenvalue weighted by atomic mass is 16.2. The van der Waals surface area contributed by atoms with Crippen molar-refractivity contribution in [2.75, 3.05) is 6.54 Å². The third-order valence-electron chi connectivity index (χ3n) is 1.81. The standard InChI is InChI=1S/C9H16N4O/c1-2-3-5-10-9(14)11-7-8-4-6-12-13-8/h4,6H,2-3,5,7H2,1H3,(H,12,13)(H2,10,11,14). The number of amides is 2. The summed E-state index contributed by atoms with van der Waals surface area (Å²) < 4.78 is 0. The Bertz CT molecular complexity index is 258. The average Bonchev–Trinajstić information content (AvgIpc) is 2.68. The van der Waals surface area contributed by atoms with Gasteiger partial charge in [0.15, 0.2) is 0 Å². The summed E-state index contributed by atoms with van der Waals surface area (Å²) in [6.45, 7) is 3.30. The second-order valence-corrected chi connectivity index (χ2v) is 3.04. The maximum Gasteiger partial charge on any atom is 0.315 e. The molecule has 1 heterocycles. The number of rotatable bonds is 5. The smallest absolute Gasteiger partial charge is 0.315 e. The second kappa shape index (κ2) is 6.01. The minimum atomic E-state index is -0.131. The molecule has 0 saturated heterocycles. The summed E-state index contributed by atoms with van der Waals surface area (Å²) in [5.41, 5.74) is 0.899. The number of aromatic amines is 1. The van der Waals surface area contributed by atoms with Crippen molar-refractivity contribution in [2.45, 2.75) is 26.3 Å². The van der Waals surface area contributed by atoms with Crippen LogP contribution in [0.3, 0.4) is 0 Å². The third kappa shape index (κ3) is 3.93. The van der Waals surface area contributed by atoms with Crippen LogP contribution in [0, 0.1) is 0 Å². The number of nitrogens with zero attached hydrogens (tertiary/aromatic N) is 1. The lowest BCUT2D eigenvalue weighted by molar-refractivity contribution is 0.240. The molecular weight excluding hydrogens is 180 g/mol. The van der Waals surface area contributed by atoms with Crippen LogP contribution in [0.15, 0.2) is 12.3 Å². The van der Waals surface area contributed by atoms with E-state index in [-0.39, 0.29) is 6.03 Å². The minimum absolute atomic E-state index is 0.131. The molecule has 0 saturated carbocycles. The van der Waals surface area contributed by atoms with E-state index in [0.29, 0.717) is 6.54 Å². The Morgan fingerprint density at radius 1 is 1.57 bits per heavy atom. The van der Waals surface area contributed by atoms with Gasteiger partial charge in [0.1, 0.15) is 0 Å². The number of urea groups is 1. The molecule has 1 rings (SSSR count). The van der Waals surface area contributed by atoms with Crippen LogP contribution < -0.4 is 10.6 Å². The highest BCUT2D eigenvalue weighted by Gasteiger charge is 1.99. The number of carbonyl (C=O) groups excluding carboxylic acids is 1. The van der Waals surface area contributed by atoms with Gasteiger partial charge in [-0.25, -0.2) is 4.79 Å². The maximum atomic E-state index is 11.2. The number of hydrogen-bond acceptors (Lipinski definition) is 2. The Labute approximate surface area is 83.3 Å². The van der Waals surface area contributed by atoms with E-state index in [1.807, 2.05) is 6.07 Å². The minimum Gasteiger partial charge on any atom is -0.338 e. The summed E-state index contributed by atoms with van der Waals surface area (Å²) in [5, 5.41) is 12.0. The molecule has 0 fully saturated rings. The van der Waals surface area contributed by atoms with Crippen LogP contribution in [0.25, 0.3) is 0 Å². The number of unbranched alkanes of at least 4 members (excludes halogenated alkanes) is 1. The quantitative estimate of drug-likeness (QED) is 0.615. The second-order valence-electron chi connectivity index (χ2n) is 3.04. The Kier molecular flexibility index (Phi) is 4.54. The van der Waals surface area contributed by atoms with E-state index in [9.17, 15) is 4.79 Å². The van der Waals surface area contributed by atoms with Gasteiger partial charge in [-0.2, -0.15) is 5.10 Å². The summed E-state index contributed by atoms with van der Waals surface area (Å²) in [5.74, 6) is 0. The van der Waals surface area contributed by atoms with E-state index in [0.717, 1.165) is 25.1 Å². The van der Waals surface area contributed by atoms with E-state index in [2.05, 4.69) is 27.8 Å². The van der Waals surface area contributed by atoms with Crippen molar-refractivity contribution in [3.05, 3.63) is 18.0 Å². The molecule has 5 heteroatoms. The Balaban J connectivity index is 2.09.